The fourth-order valence-corrected chi connectivity index (χ4v) is 3.40. The van der Waals surface area contributed by atoms with E-state index in [0.717, 1.165) is 25.7 Å². The van der Waals surface area contributed by atoms with Gasteiger partial charge in [0.25, 0.3) is 0 Å². The van der Waals surface area contributed by atoms with Crippen molar-refractivity contribution in [1.29, 1.82) is 5.26 Å². The van der Waals surface area contributed by atoms with E-state index in [9.17, 15) is 14.3 Å². The first-order valence-electron chi connectivity index (χ1n) is 7.47. The highest BCUT2D eigenvalue weighted by molar-refractivity contribution is 5.81. The highest BCUT2D eigenvalue weighted by Crippen LogP contribution is 2.43. The Kier molecular flexibility index (Phi) is 4.62. The van der Waals surface area contributed by atoms with Gasteiger partial charge in [-0.05, 0) is 49.3 Å². The third kappa shape index (κ3) is 2.92. The van der Waals surface area contributed by atoms with E-state index in [-0.39, 0.29) is 5.56 Å². The van der Waals surface area contributed by atoms with E-state index < -0.39 is 17.2 Å². The molecule has 0 atom stereocenters. The molecular formula is C17H20FNO2. The van der Waals surface area contributed by atoms with Crippen molar-refractivity contribution in [3.8, 4) is 6.07 Å². The number of benzene rings is 1. The molecule has 0 aliphatic heterocycles. The molecule has 0 unspecified atom stereocenters. The first-order valence-corrected chi connectivity index (χ1v) is 7.47. The molecular weight excluding hydrogens is 269 g/mol. The first kappa shape index (κ1) is 15.5. The molecule has 1 aliphatic carbocycles. The quantitative estimate of drug-likeness (QED) is 0.911. The molecule has 0 heterocycles. The number of carboxylic acid groups (broad SMARTS) is 1. The number of rotatable bonds is 4. The van der Waals surface area contributed by atoms with Crippen LogP contribution in [-0.2, 0) is 10.2 Å². The second-order valence-electron chi connectivity index (χ2n) is 5.93. The van der Waals surface area contributed by atoms with Crippen molar-refractivity contribution in [2.45, 2.75) is 50.9 Å². The smallest absolute Gasteiger partial charge is 0.314 e. The van der Waals surface area contributed by atoms with Crippen molar-refractivity contribution in [3.63, 3.8) is 0 Å². The summed E-state index contributed by atoms with van der Waals surface area (Å²) < 4.78 is 13.8. The van der Waals surface area contributed by atoms with Crippen molar-refractivity contribution in [3.05, 3.63) is 35.1 Å². The summed E-state index contributed by atoms with van der Waals surface area (Å²) in [6.45, 7) is 2.13. The van der Waals surface area contributed by atoms with E-state index in [1.54, 1.807) is 12.1 Å². The number of nitriles is 1. The molecule has 4 heteroatoms. The summed E-state index contributed by atoms with van der Waals surface area (Å²) in [5, 5.41) is 18.5. The fourth-order valence-electron chi connectivity index (χ4n) is 3.40. The van der Waals surface area contributed by atoms with Gasteiger partial charge in [0.1, 0.15) is 11.9 Å². The van der Waals surface area contributed by atoms with Gasteiger partial charge in [0, 0.05) is 0 Å². The largest absolute Gasteiger partial charge is 0.481 e. The zero-order chi connectivity index (χ0) is 15.5. The Balaban J connectivity index is 2.30. The molecule has 2 rings (SSSR count). The highest BCUT2D eigenvalue weighted by Gasteiger charge is 2.43. The second-order valence-corrected chi connectivity index (χ2v) is 5.93. The lowest BCUT2D eigenvalue weighted by Crippen LogP contribution is -2.39. The van der Waals surface area contributed by atoms with Crippen molar-refractivity contribution in [2.75, 3.05) is 0 Å². The molecule has 1 saturated carbocycles. The number of halogens is 1. The maximum absolute atomic E-state index is 13.8. The zero-order valence-corrected chi connectivity index (χ0v) is 12.2. The average Bonchev–Trinajstić information content (AvgIpc) is 2.48. The van der Waals surface area contributed by atoms with Crippen LogP contribution in [0.5, 0.6) is 0 Å². The Morgan fingerprint density at radius 3 is 2.62 bits per heavy atom. The van der Waals surface area contributed by atoms with Gasteiger partial charge < -0.3 is 5.11 Å². The minimum atomic E-state index is -1.00. The number of aliphatic carboxylic acids is 1. The van der Waals surface area contributed by atoms with Crippen molar-refractivity contribution in [2.24, 2.45) is 5.92 Å². The normalized spacial score (nSPS) is 25.3. The summed E-state index contributed by atoms with van der Waals surface area (Å²) in [4.78, 5) is 11.8. The van der Waals surface area contributed by atoms with E-state index in [0.29, 0.717) is 24.3 Å². The molecule has 1 fully saturated rings. The molecule has 1 aromatic rings. The maximum Gasteiger partial charge on any atom is 0.314 e. The van der Waals surface area contributed by atoms with Crippen LogP contribution < -0.4 is 0 Å². The van der Waals surface area contributed by atoms with E-state index in [2.05, 4.69) is 6.92 Å². The van der Waals surface area contributed by atoms with Crippen LogP contribution in [-0.4, -0.2) is 11.1 Å². The minimum Gasteiger partial charge on any atom is -0.481 e. The fraction of sp³-hybridized carbons (Fsp3) is 0.529. The summed E-state index contributed by atoms with van der Waals surface area (Å²) in [5.74, 6) is -0.946. The SMILES string of the molecule is CCCC1CCC(C(=O)O)(c2ccc(C#N)c(F)c2)CC1. The summed E-state index contributed by atoms with van der Waals surface area (Å²) in [5.41, 5.74) is -0.556. The lowest BCUT2D eigenvalue weighted by Gasteiger charge is -2.37. The number of carbonyl (C=O) groups is 1. The summed E-state index contributed by atoms with van der Waals surface area (Å²) in [6, 6.07) is 5.97. The third-order valence-electron chi connectivity index (χ3n) is 4.71. The van der Waals surface area contributed by atoms with Crippen molar-refractivity contribution in [1.82, 2.24) is 0 Å². The van der Waals surface area contributed by atoms with Crippen LogP contribution in [0.1, 0.15) is 56.6 Å². The standard InChI is InChI=1S/C17H20FNO2/c1-2-3-12-6-8-17(9-7-12,16(20)21)14-5-4-13(11-19)15(18)10-14/h4-5,10,12H,2-3,6-9H2,1H3,(H,20,21). The molecule has 1 aliphatic rings. The van der Waals surface area contributed by atoms with E-state index in [1.165, 1.54) is 12.1 Å². The molecule has 21 heavy (non-hydrogen) atoms. The Morgan fingerprint density at radius 2 is 2.14 bits per heavy atom. The molecule has 0 bridgehead atoms. The topological polar surface area (TPSA) is 61.1 Å². The Labute approximate surface area is 124 Å². The van der Waals surface area contributed by atoms with Crippen LogP contribution in [0.3, 0.4) is 0 Å². The van der Waals surface area contributed by atoms with Gasteiger partial charge in [0.2, 0.25) is 0 Å². The average molecular weight is 289 g/mol. The Bertz CT molecular complexity index is 569. The van der Waals surface area contributed by atoms with E-state index >= 15 is 0 Å². The Morgan fingerprint density at radius 1 is 1.48 bits per heavy atom. The van der Waals surface area contributed by atoms with Gasteiger partial charge in [-0.15, -0.1) is 0 Å². The zero-order valence-electron chi connectivity index (χ0n) is 12.2. The molecule has 1 aromatic carbocycles. The molecule has 0 radical (unpaired) electrons. The molecule has 112 valence electrons. The van der Waals surface area contributed by atoms with E-state index in [1.807, 2.05) is 0 Å². The number of nitrogens with zero attached hydrogens (tertiary/aromatic N) is 1. The van der Waals surface area contributed by atoms with Gasteiger partial charge in [-0.25, -0.2) is 4.39 Å². The molecule has 0 saturated heterocycles. The highest BCUT2D eigenvalue weighted by atomic mass is 19.1. The van der Waals surface area contributed by atoms with Gasteiger partial charge in [0.05, 0.1) is 11.0 Å². The van der Waals surface area contributed by atoms with Crippen LogP contribution in [0.2, 0.25) is 0 Å². The molecule has 0 aromatic heterocycles. The van der Waals surface area contributed by atoms with Crippen molar-refractivity contribution >= 4 is 5.97 Å². The number of hydrogen-bond donors (Lipinski definition) is 1. The summed E-state index contributed by atoms with van der Waals surface area (Å²) >= 11 is 0. The van der Waals surface area contributed by atoms with Gasteiger partial charge in [0.15, 0.2) is 0 Å². The third-order valence-corrected chi connectivity index (χ3v) is 4.71. The van der Waals surface area contributed by atoms with Crippen molar-refractivity contribution < 1.29 is 14.3 Å². The minimum absolute atomic E-state index is 0.0426. The van der Waals surface area contributed by atoms with Crippen LogP contribution in [0.15, 0.2) is 18.2 Å². The van der Waals surface area contributed by atoms with Gasteiger partial charge in [-0.2, -0.15) is 5.26 Å². The Hall–Kier alpha value is -1.89. The number of carboxylic acids is 1. The van der Waals surface area contributed by atoms with Crippen LogP contribution in [0.25, 0.3) is 0 Å². The molecule has 3 nitrogen and oxygen atoms in total. The molecule has 0 amide bonds. The molecule has 0 spiro atoms. The predicted molar refractivity (Wildman–Crippen MR) is 77.3 cm³/mol. The lowest BCUT2D eigenvalue weighted by atomic mass is 9.66. The van der Waals surface area contributed by atoms with Crippen LogP contribution in [0.4, 0.5) is 4.39 Å². The van der Waals surface area contributed by atoms with Gasteiger partial charge in [-0.3, -0.25) is 4.79 Å². The molecule has 1 N–H and O–H groups in total. The van der Waals surface area contributed by atoms with Crippen LogP contribution in [0, 0.1) is 23.1 Å². The summed E-state index contributed by atoms with van der Waals surface area (Å²) in [6.07, 6.45) is 5.04. The van der Waals surface area contributed by atoms with Gasteiger partial charge >= 0.3 is 5.97 Å². The first-order chi connectivity index (χ1) is 10.0. The summed E-state index contributed by atoms with van der Waals surface area (Å²) in [7, 11) is 0. The lowest BCUT2D eigenvalue weighted by molar-refractivity contribution is -0.145. The van der Waals surface area contributed by atoms with Gasteiger partial charge in [-0.1, -0.05) is 25.8 Å². The predicted octanol–water partition coefficient (Wildman–Crippen LogP) is 4.01. The number of hydrogen-bond acceptors (Lipinski definition) is 2. The maximum atomic E-state index is 13.8. The van der Waals surface area contributed by atoms with E-state index in [4.69, 9.17) is 5.26 Å². The monoisotopic (exact) mass is 289 g/mol. The van der Waals surface area contributed by atoms with Crippen LogP contribution >= 0.6 is 0 Å². The second kappa shape index (κ2) is 6.26.